The number of hydrogen-bond donors (Lipinski definition) is 2. The summed E-state index contributed by atoms with van der Waals surface area (Å²) in [6.45, 7) is 2.32. The molecule has 2 saturated heterocycles. The van der Waals surface area contributed by atoms with Gasteiger partial charge >= 0.3 is 6.03 Å². The van der Waals surface area contributed by atoms with Gasteiger partial charge in [0.15, 0.2) is 0 Å². The first-order chi connectivity index (χ1) is 9.56. The molecular formula is C13H15BrN4O2. The van der Waals surface area contributed by atoms with Gasteiger partial charge in [0, 0.05) is 41.9 Å². The molecule has 2 fully saturated rings. The van der Waals surface area contributed by atoms with Gasteiger partial charge in [-0.1, -0.05) is 0 Å². The molecule has 20 heavy (non-hydrogen) atoms. The number of halogens is 1. The number of carbonyl (C=O) groups is 2. The molecule has 3 N–H and O–H groups in total. The minimum Gasteiger partial charge on any atom is -0.398 e. The molecule has 0 aliphatic carbocycles. The van der Waals surface area contributed by atoms with E-state index in [0.29, 0.717) is 37.4 Å². The summed E-state index contributed by atoms with van der Waals surface area (Å²) in [4.78, 5) is 27.6. The van der Waals surface area contributed by atoms with Crippen molar-refractivity contribution < 1.29 is 9.59 Å². The summed E-state index contributed by atoms with van der Waals surface area (Å²) in [5.74, 6) is -0.0234. The van der Waals surface area contributed by atoms with Crippen LogP contribution in [0.1, 0.15) is 10.4 Å². The zero-order valence-corrected chi connectivity index (χ0v) is 12.4. The van der Waals surface area contributed by atoms with Crippen LogP contribution >= 0.6 is 15.9 Å². The number of nitrogen functional groups attached to an aromatic ring is 1. The van der Waals surface area contributed by atoms with Crippen molar-refractivity contribution >= 4 is 33.6 Å². The van der Waals surface area contributed by atoms with E-state index >= 15 is 0 Å². The van der Waals surface area contributed by atoms with Crippen molar-refractivity contribution in [2.45, 2.75) is 6.04 Å². The van der Waals surface area contributed by atoms with Crippen LogP contribution in [0.3, 0.4) is 0 Å². The molecule has 1 atom stereocenters. The Morgan fingerprint density at radius 3 is 2.95 bits per heavy atom. The first-order valence-corrected chi connectivity index (χ1v) is 7.24. The zero-order chi connectivity index (χ0) is 14.3. The number of carbonyl (C=O) groups excluding carboxylic acids is 2. The lowest BCUT2D eigenvalue weighted by atomic mass is 10.1. The average molecular weight is 339 g/mol. The number of nitrogens with two attached hydrogens (primary N) is 1. The molecule has 1 unspecified atom stereocenters. The minimum atomic E-state index is -0.0303. The average Bonchev–Trinajstić information content (AvgIpc) is 2.82. The van der Waals surface area contributed by atoms with Crippen LogP contribution in [0.5, 0.6) is 0 Å². The Bertz CT molecular complexity index is 577. The number of anilines is 1. The number of fused-ring (bicyclic) bond motifs is 1. The van der Waals surface area contributed by atoms with Crippen molar-refractivity contribution in [2.75, 3.05) is 31.9 Å². The monoisotopic (exact) mass is 338 g/mol. The third-order valence-corrected chi connectivity index (χ3v) is 4.45. The van der Waals surface area contributed by atoms with E-state index in [1.165, 1.54) is 0 Å². The van der Waals surface area contributed by atoms with Crippen molar-refractivity contribution in [1.29, 1.82) is 0 Å². The smallest absolute Gasteiger partial charge is 0.317 e. The number of piperazine rings is 1. The molecule has 0 radical (unpaired) electrons. The molecule has 1 aromatic rings. The van der Waals surface area contributed by atoms with Gasteiger partial charge in [0.2, 0.25) is 0 Å². The largest absolute Gasteiger partial charge is 0.398 e. The Morgan fingerprint density at radius 1 is 1.40 bits per heavy atom. The second kappa shape index (κ2) is 4.97. The third kappa shape index (κ3) is 2.22. The molecule has 3 rings (SSSR count). The predicted molar refractivity (Wildman–Crippen MR) is 78.4 cm³/mol. The predicted octanol–water partition coefficient (Wildman–Crippen LogP) is 0.881. The van der Waals surface area contributed by atoms with Gasteiger partial charge in [-0.3, -0.25) is 4.79 Å². The first kappa shape index (κ1) is 13.2. The molecule has 1 aromatic carbocycles. The van der Waals surface area contributed by atoms with Gasteiger partial charge in [0.25, 0.3) is 5.91 Å². The summed E-state index contributed by atoms with van der Waals surface area (Å²) in [5.41, 5.74) is 6.94. The number of hydrogen-bond acceptors (Lipinski definition) is 3. The van der Waals surface area contributed by atoms with Crippen molar-refractivity contribution in [3.05, 3.63) is 28.2 Å². The van der Waals surface area contributed by atoms with E-state index in [1.54, 1.807) is 28.0 Å². The van der Waals surface area contributed by atoms with Gasteiger partial charge in [0.05, 0.1) is 6.04 Å². The Hall–Kier alpha value is -1.76. The third-order valence-electron chi connectivity index (χ3n) is 3.77. The maximum absolute atomic E-state index is 12.5. The Balaban J connectivity index is 1.75. The summed E-state index contributed by atoms with van der Waals surface area (Å²) in [5, 5.41) is 2.80. The normalized spacial score (nSPS) is 21.6. The van der Waals surface area contributed by atoms with Crippen molar-refractivity contribution in [3.8, 4) is 0 Å². The van der Waals surface area contributed by atoms with Gasteiger partial charge in [-0.05, 0) is 34.1 Å². The Kier molecular flexibility index (Phi) is 3.29. The topological polar surface area (TPSA) is 78.7 Å². The molecule has 0 spiro atoms. The van der Waals surface area contributed by atoms with Crippen molar-refractivity contribution in [2.24, 2.45) is 0 Å². The van der Waals surface area contributed by atoms with Crippen molar-refractivity contribution in [3.63, 3.8) is 0 Å². The second-order valence-corrected chi connectivity index (χ2v) is 5.88. The van der Waals surface area contributed by atoms with Crippen LogP contribution in [0, 0.1) is 0 Å². The van der Waals surface area contributed by atoms with E-state index in [4.69, 9.17) is 5.73 Å². The Labute approximate surface area is 125 Å². The molecule has 2 aliphatic heterocycles. The van der Waals surface area contributed by atoms with Crippen LogP contribution < -0.4 is 11.1 Å². The van der Waals surface area contributed by atoms with E-state index < -0.39 is 0 Å². The highest BCUT2D eigenvalue weighted by Crippen LogP contribution is 2.22. The summed E-state index contributed by atoms with van der Waals surface area (Å²) in [6.07, 6.45) is 0. The lowest BCUT2D eigenvalue weighted by Crippen LogP contribution is -2.53. The van der Waals surface area contributed by atoms with Gasteiger partial charge in [-0.2, -0.15) is 0 Å². The second-order valence-electron chi connectivity index (χ2n) is 5.02. The molecular weight excluding hydrogens is 324 g/mol. The molecule has 7 heteroatoms. The van der Waals surface area contributed by atoms with Crippen molar-refractivity contribution in [1.82, 2.24) is 15.1 Å². The summed E-state index contributed by atoms with van der Waals surface area (Å²) in [7, 11) is 0. The summed E-state index contributed by atoms with van der Waals surface area (Å²) < 4.78 is 0.722. The molecule has 0 bridgehead atoms. The molecule has 2 aliphatic rings. The summed E-state index contributed by atoms with van der Waals surface area (Å²) >= 11 is 3.33. The standard InChI is InChI=1S/C13H15BrN4O2/c14-10-5-8(1-2-11(10)15)12(19)17-3-4-18-9(7-17)6-16-13(18)20/h1-2,5,9H,3-4,6-7,15H2,(H,16,20). The fraction of sp³-hybridized carbons (Fsp3) is 0.385. The number of nitrogens with one attached hydrogen (secondary N) is 1. The summed E-state index contributed by atoms with van der Waals surface area (Å²) in [6, 6.07) is 5.23. The molecule has 3 amide bonds. The van der Waals surface area contributed by atoms with E-state index in [9.17, 15) is 9.59 Å². The van der Waals surface area contributed by atoms with Gasteiger partial charge in [-0.15, -0.1) is 0 Å². The van der Waals surface area contributed by atoms with E-state index in [0.717, 1.165) is 4.47 Å². The maximum Gasteiger partial charge on any atom is 0.317 e. The number of amides is 3. The van der Waals surface area contributed by atoms with Gasteiger partial charge in [-0.25, -0.2) is 4.79 Å². The lowest BCUT2D eigenvalue weighted by molar-refractivity contribution is 0.0617. The van der Waals surface area contributed by atoms with E-state index in [2.05, 4.69) is 21.2 Å². The molecule has 2 heterocycles. The van der Waals surface area contributed by atoms with Crippen LogP contribution in [0.25, 0.3) is 0 Å². The van der Waals surface area contributed by atoms with E-state index in [-0.39, 0.29) is 18.0 Å². The quantitative estimate of drug-likeness (QED) is 0.746. The van der Waals surface area contributed by atoms with E-state index in [1.807, 2.05) is 0 Å². The van der Waals surface area contributed by atoms with Crippen LogP contribution in [0.4, 0.5) is 10.5 Å². The lowest BCUT2D eigenvalue weighted by Gasteiger charge is -2.36. The molecule has 0 aromatic heterocycles. The van der Waals surface area contributed by atoms with Gasteiger partial charge < -0.3 is 20.9 Å². The highest BCUT2D eigenvalue weighted by molar-refractivity contribution is 9.10. The molecule has 106 valence electrons. The fourth-order valence-corrected chi connectivity index (χ4v) is 3.01. The van der Waals surface area contributed by atoms with Gasteiger partial charge in [0.1, 0.15) is 0 Å². The highest BCUT2D eigenvalue weighted by atomic mass is 79.9. The molecule has 0 saturated carbocycles. The molecule has 6 nitrogen and oxygen atoms in total. The minimum absolute atomic E-state index is 0.0234. The van der Waals surface area contributed by atoms with Crippen LogP contribution in [0.15, 0.2) is 22.7 Å². The zero-order valence-electron chi connectivity index (χ0n) is 10.8. The number of benzene rings is 1. The van der Waals surface area contributed by atoms with Crippen LogP contribution in [0.2, 0.25) is 0 Å². The Morgan fingerprint density at radius 2 is 2.20 bits per heavy atom. The number of nitrogens with zero attached hydrogens (tertiary/aromatic N) is 2. The highest BCUT2D eigenvalue weighted by Gasteiger charge is 2.37. The maximum atomic E-state index is 12.5. The number of rotatable bonds is 1. The first-order valence-electron chi connectivity index (χ1n) is 6.45. The van der Waals surface area contributed by atoms with Crippen LogP contribution in [-0.2, 0) is 0 Å². The fourth-order valence-electron chi connectivity index (χ4n) is 2.63. The SMILES string of the molecule is Nc1ccc(C(=O)N2CCN3C(=O)NCC3C2)cc1Br. The number of urea groups is 1. The van der Waals surface area contributed by atoms with Crippen LogP contribution in [-0.4, -0.2) is 54.0 Å².